The molecule has 1 aromatic carbocycles. The number of aromatic nitrogens is 2. The average Bonchev–Trinajstić information content (AvgIpc) is 2.78. The molecular formula is C24H23FN4O3. The predicted molar refractivity (Wildman–Crippen MR) is 117 cm³/mol. The highest BCUT2D eigenvalue weighted by Gasteiger charge is 2.45. The first kappa shape index (κ1) is 20.4. The van der Waals surface area contributed by atoms with Gasteiger partial charge in [-0.15, -0.1) is 0 Å². The third-order valence-corrected chi connectivity index (χ3v) is 5.46. The van der Waals surface area contributed by atoms with Crippen LogP contribution in [0.3, 0.4) is 0 Å². The monoisotopic (exact) mass is 434 g/mol. The number of nitrogens with zero attached hydrogens (tertiary/aromatic N) is 3. The first-order valence-corrected chi connectivity index (χ1v) is 10.4. The van der Waals surface area contributed by atoms with Crippen molar-refractivity contribution in [3.63, 3.8) is 0 Å². The molecule has 0 radical (unpaired) electrons. The van der Waals surface area contributed by atoms with Gasteiger partial charge < -0.3 is 19.9 Å². The second-order valence-corrected chi connectivity index (χ2v) is 8.33. The molecule has 7 nitrogen and oxygen atoms in total. The van der Waals surface area contributed by atoms with Crippen molar-refractivity contribution in [2.24, 2.45) is 16.6 Å². The van der Waals surface area contributed by atoms with E-state index in [0.29, 0.717) is 46.9 Å². The molecule has 2 aromatic heterocycles. The molecule has 4 heterocycles. The maximum absolute atomic E-state index is 14.4. The van der Waals surface area contributed by atoms with Gasteiger partial charge in [0.2, 0.25) is 11.8 Å². The summed E-state index contributed by atoms with van der Waals surface area (Å²) in [6.45, 7) is 5.16. The highest BCUT2D eigenvalue weighted by molar-refractivity contribution is 5.84. The van der Waals surface area contributed by atoms with Crippen molar-refractivity contribution < 1.29 is 18.6 Å². The van der Waals surface area contributed by atoms with Gasteiger partial charge in [0.05, 0.1) is 19.4 Å². The van der Waals surface area contributed by atoms with Gasteiger partial charge in [0.1, 0.15) is 23.7 Å². The van der Waals surface area contributed by atoms with E-state index in [1.165, 1.54) is 6.20 Å². The van der Waals surface area contributed by atoms with Crippen LogP contribution in [0.4, 0.5) is 4.39 Å². The summed E-state index contributed by atoms with van der Waals surface area (Å²) < 4.78 is 32.2. The Morgan fingerprint density at radius 3 is 2.78 bits per heavy atom. The normalized spacial score (nSPS) is 19.2. The summed E-state index contributed by atoms with van der Waals surface area (Å²) in [7, 11) is 0. The molecule has 164 valence electrons. The third kappa shape index (κ3) is 3.46. The molecular weight excluding hydrogens is 411 g/mol. The fraction of sp³-hybridized carbons (Fsp3) is 0.292. The van der Waals surface area contributed by atoms with E-state index < -0.39 is 11.5 Å². The fourth-order valence-corrected chi connectivity index (χ4v) is 4.02. The molecule has 3 aromatic rings. The van der Waals surface area contributed by atoms with E-state index >= 15 is 0 Å². The van der Waals surface area contributed by atoms with E-state index in [-0.39, 0.29) is 13.2 Å². The lowest BCUT2D eigenvalue weighted by Gasteiger charge is -2.39. The van der Waals surface area contributed by atoms with E-state index in [9.17, 15) is 4.39 Å². The number of ether oxygens (including phenoxy) is 3. The molecule has 8 heteroatoms. The van der Waals surface area contributed by atoms with Crippen LogP contribution < -0.4 is 15.2 Å². The Labute approximate surface area is 185 Å². The molecule has 32 heavy (non-hydrogen) atoms. The van der Waals surface area contributed by atoms with Crippen LogP contribution >= 0.6 is 0 Å². The van der Waals surface area contributed by atoms with Crippen LogP contribution in [-0.2, 0) is 10.3 Å². The van der Waals surface area contributed by atoms with Crippen LogP contribution in [0.25, 0.3) is 11.1 Å². The minimum absolute atomic E-state index is 0.242. The maximum Gasteiger partial charge on any atom is 0.220 e. The highest BCUT2D eigenvalue weighted by atomic mass is 19.1. The van der Waals surface area contributed by atoms with Gasteiger partial charge >= 0.3 is 0 Å². The van der Waals surface area contributed by atoms with Gasteiger partial charge in [-0.05, 0) is 35.7 Å². The molecule has 0 saturated carbocycles. The van der Waals surface area contributed by atoms with Crippen LogP contribution in [-0.4, -0.2) is 35.6 Å². The Bertz CT molecular complexity index is 1210. The Balaban J connectivity index is 1.68. The zero-order chi connectivity index (χ0) is 22.3. The first-order valence-electron chi connectivity index (χ1n) is 10.4. The van der Waals surface area contributed by atoms with Gasteiger partial charge in [0.15, 0.2) is 5.75 Å². The van der Waals surface area contributed by atoms with Crippen molar-refractivity contribution >= 4 is 5.84 Å². The lowest BCUT2D eigenvalue weighted by molar-refractivity contribution is 0.109. The lowest BCUT2D eigenvalue weighted by atomic mass is 9.80. The smallest absolute Gasteiger partial charge is 0.220 e. The van der Waals surface area contributed by atoms with Crippen molar-refractivity contribution in [3.8, 4) is 28.5 Å². The van der Waals surface area contributed by atoms with Crippen molar-refractivity contribution in [3.05, 3.63) is 65.9 Å². The van der Waals surface area contributed by atoms with E-state index in [1.807, 2.05) is 12.1 Å². The molecule has 2 aliphatic heterocycles. The van der Waals surface area contributed by atoms with Gasteiger partial charge in [-0.2, -0.15) is 4.39 Å². The Morgan fingerprint density at radius 1 is 1.16 bits per heavy atom. The van der Waals surface area contributed by atoms with E-state index in [4.69, 9.17) is 24.9 Å². The zero-order valence-corrected chi connectivity index (χ0v) is 17.8. The summed E-state index contributed by atoms with van der Waals surface area (Å²) in [4.78, 5) is 13.0. The molecule has 0 amide bonds. The van der Waals surface area contributed by atoms with Crippen molar-refractivity contribution in [1.82, 2.24) is 9.97 Å². The van der Waals surface area contributed by atoms with Gasteiger partial charge in [-0.3, -0.25) is 4.99 Å². The average molecular weight is 434 g/mol. The minimum atomic E-state index is -0.959. The zero-order valence-electron chi connectivity index (χ0n) is 17.8. The van der Waals surface area contributed by atoms with Crippen LogP contribution in [0.5, 0.6) is 17.4 Å². The molecule has 0 aliphatic carbocycles. The summed E-state index contributed by atoms with van der Waals surface area (Å²) in [6, 6.07) is 10.7. The molecule has 0 bridgehead atoms. The molecule has 2 aliphatic rings. The second-order valence-electron chi connectivity index (χ2n) is 8.33. The Morgan fingerprint density at radius 2 is 2.00 bits per heavy atom. The Hall–Kier alpha value is -3.52. The number of hydrogen-bond acceptors (Lipinski definition) is 7. The van der Waals surface area contributed by atoms with E-state index in [0.717, 1.165) is 11.1 Å². The van der Waals surface area contributed by atoms with Crippen molar-refractivity contribution in [2.75, 3.05) is 19.8 Å². The van der Waals surface area contributed by atoms with Crippen LogP contribution in [0, 0.1) is 11.9 Å². The predicted octanol–water partition coefficient (Wildman–Crippen LogP) is 4.05. The van der Waals surface area contributed by atoms with Gasteiger partial charge in [0, 0.05) is 29.0 Å². The number of hydrogen-bond donors (Lipinski definition) is 1. The maximum atomic E-state index is 14.4. The fourth-order valence-electron chi connectivity index (χ4n) is 4.02. The van der Waals surface area contributed by atoms with Gasteiger partial charge in [0.25, 0.3) is 0 Å². The number of amidine groups is 1. The molecule has 1 atom stereocenters. The number of pyridine rings is 2. The SMILES string of the molecule is CC(C)COc1cc2c(cn1)Oc1ccc(-c3cccnc3F)cc1[C@@]21COCC(N)=N1. The van der Waals surface area contributed by atoms with Crippen LogP contribution in [0.1, 0.15) is 25.0 Å². The number of halogens is 1. The third-order valence-electron chi connectivity index (χ3n) is 5.46. The summed E-state index contributed by atoms with van der Waals surface area (Å²) in [5, 5.41) is 0. The molecule has 2 N–H and O–H groups in total. The molecule has 0 fully saturated rings. The Kier molecular flexibility index (Phi) is 5.01. The largest absolute Gasteiger partial charge is 0.477 e. The van der Waals surface area contributed by atoms with Gasteiger partial charge in [-0.1, -0.05) is 19.9 Å². The highest BCUT2D eigenvalue weighted by Crippen LogP contribution is 2.51. The van der Waals surface area contributed by atoms with E-state index in [1.54, 1.807) is 30.5 Å². The number of fused-ring (bicyclic) bond motifs is 4. The molecule has 0 saturated heterocycles. The standard InChI is InChI=1S/C24H23FN4O3/c1-14(2)11-31-22-9-18-20(10-28-22)32-19-6-5-15(16-4-3-7-27-23(16)25)8-17(19)24(18)13-30-12-21(26)29-24/h3-10,14H,11-13H2,1-2H3,(H2,26,29)/t24-/m0/s1. The van der Waals surface area contributed by atoms with Crippen molar-refractivity contribution in [2.45, 2.75) is 19.4 Å². The number of aliphatic imine (C=N–C) groups is 1. The summed E-state index contributed by atoms with van der Waals surface area (Å²) in [5.41, 5.74) is 7.69. The van der Waals surface area contributed by atoms with Crippen LogP contribution in [0.2, 0.25) is 0 Å². The van der Waals surface area contributed by atoms with Crippen molar-refractivity contribution in [1.29, 1.82) is 0 Å². The quantitative estimate of drug-likeness (QED) is 0.623. The molecule has 0 unspecified atom stereocenters. The number of rotatable bonds is 4. The number of benzene rings is 1. The lowest BCUT2D eigenvalue weighted by Crippen LogP contribution is -2.42. The summed E-state index contributed by atoms with van der Waals surface area (Å²) >= 11 is 0. The topological polar surface area (TPSA) is 91.8 Å². The molecule has 1 spiro atoms. The summed E-state index contributed by atoms with van der Waals surface area (Å²) in [6.07, 6.45) is 3.05. The number of nitrogens with two attached hydrogens (primary N) is 1. The van der Waals surface area contributed by atoms with Crippen LogP contribution in [0.15, 0.2) is 53.8 Å². The second kappa shape index (κ2) is 7.87. The van der Waals surface area contributed by atoms with Gasteiger partial charge in [-0.25, -0.2) is 9.97 Å². The minimum Gasteiger partial charge on any atom is -0.477 e. The van der Waals surface area contributed by atoms with E-state index in [2.05, 4.69) is 23.8 Å². The first-order chi connectivity index (χ1) is 15.5. The summed E-state index contributed by atoms with van der Waals surface area (Å²) in [5.74, 6) is 1.78. The molecule has 5 rings (SSSR count).